The lowest BCUT2D eigenvalue weighted by Crippen LogP contribution is -2.71. The molecule has 1 aliphatic carbocycles. The zero-order valence-electron chi connectivity index (χ0n) is 15.4. The van der Waals surface area contributed by atoms with Crippen LogP contribution in [0.2, 0.25) is 0 Å². The normalized spacial score (nSPS) is 28.4. The lowest BCUT2D eigenvalue weighted by atomic mass is 9.56. The molecule has 0 radical (unpaired) electrons. The van der Waals surface area contributed by atoms with E-state index in [0.717, 1.165) is 30.0 Å². The first kappa shape index (κ1) is 15.6. The Morgan fingerprint density at radius 2 is 2.04 bits per heavy atom. The smallest absolute Gasteiger partial charge is 0.163 e. The molecule has 0 bridgehead atoms. The topological polar surface area (TPSA) is 56.1 Å². The van der Waals surface area contributed by atoms with Gasteiger partial charge in [0.2, 0.25) is 0 Å². The van der Waals surface area contributed by atoms with Gasteiger partial charge in [0, 0.05) is 18.6 Å². The molecular weight excluding hydrogens is 314 g/mol. The molecular formula is C19H27N5O. The summed E-state index contributed by atoms with van der Waals surface area (Å²) >= 11 is 0. The van der Waals surface area contributed by atoms with Gasteiger partial charge in [-0.2, -0.15) is 5.10 Å². The third-order valence-corrected chi connectivity index (χ3v) is 6.37. The molecule has 134 valence electrons. The summed E-state index contributed by atoms with van der Waals surface area (Å²) in [6.07, 6.45) is 10.4. The van der Waals surface area contributed by atoms with Crippen LogP contribution in [0.25, 0.3) is 11.0 Å². The molecule has 4 heterocycles. The second-order valence-corrected chi connectivity index (χ2v) is 9.00. The Kier molecular flexibility index (Phi) is 3.21. The van der Waals surface area contributed by atoms with E-state index in [-0.39, 0.29) is 5.54 Å². The first-order valence-electron chi connectivity index (χ1n) is 9.57. The summed E-state index contributed by atoms with van der Waals surface area (Å²) in [5.41, 5.74) is 1.30. The molecule has 2 aromatic rings. The van der Waals surface area contributed by atoms with Crippen LogP contribution in [0.15, 0.2) is 12.5 Å². The average molecular weight is 341 g/mol. The molecule has 1 saturated carbocycles. The fourth-order valence-electron chi connectivity index (χ4n) is 5.04. The summed E-state index contributed by atoms with van der Waals surface area (Å²) in [5, 5.41) is 5.68. The number of hydrogen-bond acceptors (Lipinski definition) is 5. The Balaban J connectivity index is 1.55. The molecule has 6 heteroatoms. The molecule has 0 N–H and O–H groups in total. The van der Waals surface area contributed by atoms with Crippen molar-refractivity contribution in [3.63, 3.8) is 0 Å². The van der Waals surface area contributed by atoms with Crippen molar-refractivity contribution >= 4 is 16.9 Å². The van der Waals surface area contributed by atoms with Gasteiger partial charge in [-0.15, -0.1) is 0 Å². The maximum atomic E-state index is 6.11. The van der Waals surface area contributed by atoms with Crippen molar-refractivity contribution in [1.29, 1.82) is 0 Å². The molecule has 2 aliphatic heterocycles. The largest absolute Gasteiger partial charge is 0.376 e. The molecule has 5 rings (SSSR count). The fourth-order valence-corrected chi connectivity index (χ4v) is 5.04. The molecule has 3 aliphatic rings. The third-order valence-electron chi connectivity index (χ3n) is 6.37. The highest BCUT2D eigenvalue weighted by Gasteiger charge is 2.59. The molecule has 1 spiro atoms. The van der Waals surface area contributed by atoms with Crippen molar-refractivity contribution < 1.29 is 4.74 Å². The summed E-state index contributed by atoms with van der Waals surface area (Å²) in [4.78, 5) is 11.7. The SMILES string of the molecule is CC(C)(C)n1ncc2c(N3CC4(CCC4)C3C3CCCO3)ncnc21. The Labute approximate surface area is 148 Å². The first-order valence-corrected chi connectivity index (χ1v) is 9.57. The molecule has 2 unspecified atom stereocenters. The van der Waals surface area contributed by atoms with Crippen molar-refractivity contribution in [1.82, 2.24) is 19.7 Å². The summed E-state index contributed by atoms with van der Waals surface area (Å²) in [7, 11) is 0. The zero-order chi connectivity index (χ0) is 17.2. The second-order valence-electron chi connectivity index (χ2n) is 9.00. The van der Waals surface area contributed by atoms with Crippen molar-refractivity contribution in [3.05, 3.63) is 12.5 Å². The molecule has 2 saturated heterocycles. The highest BCUT2D eigenvalue weighted by molar-refractivity contribution is 5.87. The molecule has 3 fully saturated rings. The number of nitrogens with zero attached hydrogens (tertiary/aromatic N) is 5. The van der Waals surface area contributed by atoms with Crippen molar-refractivity contribution in [2.75, 3.05) is 18.1 Å². The van der Waals surface area contributed by atoms with E-state index in [1.54, 1.807) is 6.33 Å². The number of rotatable bonds is 2. The van der Waals surface area contributed by atoms with Crippen LogP contribution in [0.4, 0.5) is 5.82 Å². The van der Waals surface area contributed by atoms with Crippen LogP contribution < -0.4 is 4.90 Å². The molecule has 2 atom stereocenters. The summed E-state index contributed by atoms with van der Waals surface area (Å²) in [5.74, 6) is 1.04. The number of ether oxygens (including phenoxy) is 1. The lowest BCUT2D eigenvalue weighted by Gasteiger charge is -2.64. The first-order chi connectivity index (χ1) is 12.0. The Morgan fingerprint density at radius 3 is 2.68 bits per heavy atom. The van der Waals surface area contributed by atoms with E-state index >= 15 is 0 Å². The predicted molar refractivity (Wildman–Crippen MR) is 96.7 cm³/mol. The van der Waals surface area contributed by atoms with Gasteiger partial charge in [-0.25, -0.2) is 14.6 Å². The van der Waals surface area contributed by atoms with Crippen LogP contribution in [0, 0.1) is 5.41 Å². The molecule has 0 aromatic carbocycles. The van der Waals surface area contributed by atoms with E-state index in [1.807, 2.05) is 10.9 Å². The van der Waals surface area contributed by atoms with Crippen molar-refractivity contribution in [2.45, 2.75) is 70.6 Å². The van der Waals surface area contributed by atoms with E-state index in [9.17, 15) is 0 Å². The van der Waals surface area contributed by atoms with Gasteiger partial charge < -0.3 is 9.64 Å². The van der Waals surface area contributed by atoms with Crippen LogP contribution in [-0.4, -0.2) is 45.0 Å². The quantitative estimate of drug-likeness (QED) is 0.840. The van der Waals surface area contributed by atoms with E-state index in [2.05, 4.69) is 40.7 Å². The van der Waals surface area contributed by atoms with Crippen LogP contribution in [0.3, 0.4) is 0 Å². The van der Waals surface area contributed by atoms with E-state index in [4.69, 9.17) is 4.74 Å². The number of fused-ring (bicyclic) bond motifs is 1. The van der Waals surface area contributed by atoms with E-state index < -0.39 is 0 Å². The van der Waals surface area contributed by atoms with Crippen molar-refractivity contribution in [2.24, 2.45) is 5.41 Å². The van der Waals surface area contributed by atoms with Crippen molar-refractivity contribution in [3.8, 4) is 0 Å². The van der Waals surface area contributed by atoms with E-state index in [1.165, 1.54) is 32.1 Å². The number of hydrogen-bond donors (Lipinski definition) is 0. The van der Waals surface area contributed by atoms with Gasteiger partial charge in [-0.05, 0) is 46.5 Å². The zero-order valence-corrected chi connectivity index (χ0v) is 15.4. The maximum absolute atomic E-state index is 6.11. The Bertz CT molecular complexity index is 798. The van der Waals surface area contributed by atoms with Gasteiger partial charge in [0.1, 0.15) is 12.1 Å². The molecule has 6 nitrogen and oxygen atoms in total. The third kappa shape index (κ3) is 2.16. The molecule has 0 amide bonds. The number of anilines is 1. The van der Waals surface area contributed by atoms with E-state index in [0.29, 0.717) is 17.6 Å². The van der Waals surface area contributed by atoms with Gasteiger partial charge in [0.05, 0.1) is 29.3 Å². The minimum Gasteiger partial charge on any atom is -0.376 e. The highest BCUT2D eigenvalue weighted by Crippen LogP contribution is 2.57. The van der Waals surface area contributed by atoms with Crippen LogP contribution >= 0.6 is 0 Å². The predicted octanol–water partition coefficient (Wildman–Crippen LogP) is 3.12. The lowest BCUT2D eigenvalue weighted by molar-refractivity contribution is -0.0493. The summed E-state index contributed by atoms with van der Waals surface area (Å²) < 4.78 is 8.11. The summed E-state index contributed by atoms with van der Waals surface area (Å²) in [6, 6.07) is 0.472. The monoisotopic (exact) mass is 341 g/mol. The second kappa shape index (κ2) is 5.16. The maximum Gasteiger partial charge on any atom is 0.163 e. The van der Waals surface area contributed by atoms with Crippen LogP contribution in [0.5, 0.6) is 0 Å². The average Bonchev–Trinajstić information content (AvgIpc) is 3.13. The Hall–Kier alpha value is -1.69. The minimum absolute atomic E-state index is 0.0918. The Morgan fingerprint density at radius 1 is 1.20 bits per heavy atom. The van der Waals surface area contributed by atoms with Gasteiger partial charge in [0.25, 0.3) is 0 Å². The van der Waals surface area contributed by atoms with Crippen LogP contribution in [-0.2, 0) is 10.3 Å². The van der Waals surface area contributed by atoms with Crippen LogP contribution in [0.1, 0.15) is 52.9 Å². The molecule has 2 aromatic heterocycles. The van der Waals surface area contributed by atoms with Gasteiger partial charge in [0.15, 0.2) is 5.65 Å². The summed E-state index contributed by atoms with van der Waals surface area (Å²) in [6.45, 7) is 8.48. The van der Waals surface area contributed by atoms with Gasteiger partial charge in [-0.3, -0.25) is 0 Å². The highest BCUT2D eigenvalue weighted by atomic mass is 16.5. The number of aromatic nitrogens is 4. The van der Waals surface area contributed by atoms with Gasteiger partial charge >= 0.3 is 0 Å². The standard InChI is InChI=1S/C19H27N5O/c1-18(2,3)24-17-13(10-22-24)16(20-12-21-17)23-11-19(7-5-8-19)15(23)14-6-4-9-25-14/h10,12,14-15H,4-9,11H2,1-3H3. The van der Waals surface area contributed by atoms with Gasteiger partial charge in [-0.1, -0.05) is 6.42 Å². The minimum atomic E-state index is -0.0918. The molecule has 25 heavy (non-hydrogen) atoms. The fraction of sp³-hybridized carbons (Fsp3) is 0.737.